The van der Waals surface area contributed by atoms with Crippen LogP contribution in [0.4, 0.5) is 0 Å². The number of ether oxygens (including phenoxy) is 1. The first-order valence-corrected chi connectivity index (χ1v) is 13.7. The number of aliphatic hydroxyl groups is 4. The van der Waals surface area contributed by atoms with Gasteiger partial charge in [-0.05, 0) is 90.8 Å². The molecule has 4 fully saturated rings. The molecule has 0 radical (unpaired) electrons. The molecule has 13 atom stereocenters. The van der Waals surface area contributed by atoms with Crippen LogP contribution in [-0.4, -0.2) is 57.4 Å². The first kappa shape index (κ1) is 26.4. The molecule has 6 heteroatoms. The fourth-order valence-corrected chi connectivity index (χ4v) is 8.95. The second-order valence-corrected chi connectivity index (χ2v) is 13.3. The molecule has 0 aromatic rings. The molecule has 196 valence electrons. The molecule has 0 aromatic carbocycles. The topological polar surface area (TPSA) is 107 Å². The van der Waals surface area contributed by atoms with Crippen LogP contribution in [-0.2, 0) is 9.53 Å². The van der Waals surface area contributed by atoms with E-state index in [-0.39, 0.29) is 52.8 Å². The summed E-state index contributed by atoms with van der Waals surface area (Å²) in [6, 6.07) is 0. The highest BCUT2D eigenvalue weighted by Gasteiger charge is 2.63. The lowest BCUT2D eigenvalue weighted by Crippen LogP contribution is -2.55. The van der Waals surface area contributed by atoms with Crippen molar-refractivity contribution in [3.05, 3.63) is 0 Å². The summed E-state index contributed by atoms with van der Waals surface area (Å²) in [6.45, 7) is 13.2. The first-order valence-electron chi connectivity index (χ1n) is 13.7. The highest BCUT2D eigenvalue weighted by Crippen LogP contribution is 2.66. The van der Waals surface area contributed by atoms with E-state index in [0.29, 0.717) is 30.8 Å². The molecule has 1 saturated heterocycles. The molecule has 4 aliphatic rings. The van der Waals surface area contributed by atoms with Gasteiger partial charge in [0.1, 0.15) is 0 Å². The molecule has 6 nitrogen and oxygen atoms in total. The number of esters is 1. The summed E-state index contributed by atoms with van der Waals surface area (Å²) in [7, 11) is 0. The number of rotatable bonds is 5. The molecule has 4 rings (SSSR count). The van der Waals surface area contributed by atoms with E-state index in [1.807, 2.05) is 6.92 Å². The summed E-state index contributed by atoms with van der Waals surface area (Å²) >= 11 is 0. The van der Waals surface area contributed by atoms with Gasteiger partial charge in [-0.2, -0.15) is 0 Å². The molecule has 3 saturated carbocycles. The monoisotopic (exact) mass is 480 g/mol. The Hall–Kier alpha value is -0.690. The lowest BCUT2D eigenvalue weighted by Gasteiger charge is -2.56. The summed E-state index contributed by atoms with van der Waals surface area (Å²) in [5.74, 6) is 0.948. The molecular formula is C28H48O6. The number of cyclic esters (lactones) is 1. The normalized spacial score (nSPS) is 48.1. The Kier molecular flexibility index (Phi) is 7.23. The molecule has 0 aromatic heterocycles. The third kappa shape index (κ3) is 4.05. The number of aliphatic hydroxyl groups excluding tert-OH is 4. The maximum atomic E-state index is 13.0. The van der Waals surface area contributed by atoms with E-state index in [4.69, 9.17) is 4.74 Å². The van der Waals surface area contributed by atoms with Crippen LogP contribution < -0.4 is 0 Å². The minimum atomic E-state index is -0.867. The lowest BCUT2D eigenvalue weighted by atomic mass is 9.48. The van der Waals surface area contributed by atoms with Crippen LogP contribution in [0, 0.1) is 58.2 Å². The summed E-state index contributed by atoms with van der Waals surface area (Å²) in [5.41, 5.74) is -0.345. The molecule has 0 spiro atoms. The Morgan fingerprint density at radius 2 is 1.56 bits per heavy atom. The van der Waals surface area contributed by atoms with Gasteiger partial charge in [-0.1, -0.05) is 41.5 Å². The van der Waals surface area contributed by atoms with Crippen LogP contribution in [0.2, 0.25) is 0 Å². The Bertz CT molecular complexity index is 755. The standard InChI is InChI=1S/C28H48O6/c1-14(2)15(3)24(31)25(32)16(4)18-7-8-19-17-13-34-26(33)21-11-22(29)23(30)12-28(21,6)20(17)9-10-27(18,19)5/h14-25,29-32H,7-13H2,1-6H3/t15-,16+,17+,18+,19-,20-,21+,22+,23-,24-,25-,27-,28-/m1/s1. The Morgan fingerprint density at radius 3 is 2.21 bits per heavy atom. The van der Waals surface area contributed by atoms with Crippen molar-refractivity contribution in [3.63, 3.8) is 0 Å². The number of carbonyl (C=O) groups is 1. The van der Waals surface area contributed by atoms with Crippen molar-refractivity contribution in [1.82, 2.24) is 0 Å². The third-order valence-corrected chi connectivity index (χ3v) is 11.5. The smallest absolute Gasteiger partial charge is 0.309 e. The van der Waals surface area contributed by atoms with E-state index in [1.165, 1.54) is 0 Å². The van der Waals surface area contributed by atoms with Crippen molar-refractivity contribution in [2.24, 2.45) is 58.2 Å². The number of carbonyl (C=O) groups excluding carboxylic acids is 1. The van der Waals surface area contributed by atoms with E-state index in [9.17, 15) is 25.2 Å². The summed E-state index contributed by atoms with van der Waals surface area (Å²) in [4.78, 5) is 13.0. The minimum Gasteiger partial charge on any atom is -0.465 e. The van der Waals surface area contributed by atoms with Crippen LogP contribution in [0.15, 0.2) is 0 Å². The second-order valence-electron chi connectivity index (χ2n) is 13.3. The van der Waals surface area contributed by atoms with E-state index < -0.39 is 24.4 Å². The van der Waals surface area contributed by atoms with E-state index in [0.717, 1.165) is 25.7 Å². The lowest BCUT2D eigenvalue weighted by molar-refractivity contribution is -0.162. The maximum absolute atomic E-state index is 13.0. The predicted octanol–water partition coefficient (Wildman–Crippen LogP) is 3.39. The summed E-state index contributed by atoms with van der Waals surface area (Å²) in [6.07, 6.45) is 1.61. The molecular weight excluding hydrogens is 432 g/mol. The van der Waals surface area contributed by atoms with Crippen molar-refractivity contribution in [3.8, 4) is 0 Å². The van der Waals surface area contributed by atoms with Crippen LogP contribution in [0.3, 0.4) is 0 Å². The summed E-state index contributed by atoms with van der Waals surface area (Å²) in [5, 5.41) is 42.9. The van der Waals surface area contributed by atoms with Crippen molar-refractivity contribution in [2.75, 3.05) is 6.61 Å². The van der Waals surface area contributed by atoms with Gasteiger partial charge in [0.25, 0.3) is 0 Å². The zero-order valence-corrected chi connectivity index (χ0v) is 22.0. The quantitative estimate of drug-likeness (QED) is 0.450. The number of hydrogen-bond donors (Lipinski definition) is 4. The molecule has 0 unspecified atom stereocenters. The van der Waals surface area contributed by atoms with Gasteiger partial charge in [0.15, 0.2) is 0 Å². The largest absolute Gasteiger partial charge is 0.465 e. The molecule has 3 aliphatic carbocycles. The number of hydrogen-bond acceptors (Lipinski definition) is 6. The fraction of sp³-hybridized carbons (Fsp3) is 0.964. The Morgan fingerprint density at radius 1 is 0.912 bits per heavy atom. The molecule has 0 bridgehead atoms. The molecule has 4 N–H and O–H groups in total. The van der Waals surface area contributed by atoms with Crippen LogP contribution in [0.25, 0.3) is 0 Å². The maximum Gasteiger partial charge on any atom is 0.309 e. The highest BCUT2D eigenvalue weighted by molar-refractivity contribution is 5.74. The third-order valence-electron chi connectivity index (χ3n) is 11.5. The van der Waals surface area contributed by atoms with E-state index in [1.54, 1.807) is 0 Å². The highest BCUT2D eigenvalue weighted by atomic mass is 16.5. The van der Waals surface area contributed by atoms with E-state index >= 15 is 0 Å². The van der Waals surface area contributed by atoms with Crippen molar-refractivity contribution in [2.45, 2.75) is 104 Å². The van der Waals surface area contributed by atoms with Gasteiger partial charge in [-0.15, -0.1) is 0 Å². The van der Waals surface area contributed by atoms with Crippen LogP contribution in [0.1, 0.15) is 80.1 Å². The second kappa shape index (κ2) is 9.32. The van der Waals surface area contributed by atoms with Gasteiger partial charge in [-0.25, -0.2) is 0 Å². The fourth-order valence-electron chi connectivity index (χ4n) is 8.95. The SMILES string of the molecule is CC(C)[C@@H](C)[C@@H](O)[C@H](O)[C@@H](C)[C@@H]1CC[C@@H]2[C@@H]3COC(=O)[C@@H]4C[C@H](O)[C@H](O)C[C@]4(C)[C@@H]3CC[C@@]21C. The summed E-state index contributed by atoms with van der Waals surface area (Å²) < 4.78 is 5.86. The van der Waals surface area contributed by atoms with Gasteiger partial charge >= 0.3 is 5.97 Å². The molecule has 0 amide bonds. The molecule has 34 heavy (non-hydrogen) atoms. The molecule has 1 heterocycles. The Balaban J connectivity index is 1.58. The van der Waals surface area contributed by atoms with Gasteiger partial charge in [0, 0.05) is 0 Å². The van der Waals surface area contributed by atoms with E-state index in [2.05, 4.69) is 34.6 Å². The van der Waals surface area contributed by atoms with Crippen molar-refractivity contribution in [1.29, 1.82) is 0 Å². The van der Waals surface area contributed by atoms with Gasteiger partial charge in [0.2, 0.25) is 0 Å². The van der Waals surface area contributed by atoms with Crippen molar-refractivity contribution >= 4 is 5.97 Å². The predicted molar refractivity (Wildman–Crippen MR) is 130 cm³/mol. The first-order chi connectivity index (χ1) is 15.8. The van der Waals surface area contributed by atoms with Gasteiger partial charge in [-0.3, -0.25) is 4.79 Å². The average molecular weight is 481 g/mol. The van der Waals surface area contributed by atoms with Gasteiger partial charge < -0.3 is 25.2 Å². The van der Waals surface area contributed by atoms with Crippen molar-refractivity contribution < 1.29 is 30.0 Å². The zero-order chi connectivity index (χ0) is 25.2. The number of fused-ring (bicyclic) bond motifs is 5. The average Bonchev–Trinajstić information content (AvgIpc) is 3.09. The molecule has 1 aliphatic heterocycles. The zero-order valence-electron chi connectivity index (χ0n) is 22.0. The van der Waals surface area contributed by atoms with Crippen LogP contribution >= 0.6 is 0 Å². The Labute approximate surface area is 205 Å². The minimum absolute atomic E-state index is 0.00827. The van der Waals surface area contributed by atoms with Gasteiger partial charge in [0.05, 0.1) is 36.9 Å². The van der Waals surface area contributed by atoms with Crippen LogP contribution in [0.5, 0.6) is 0 Å².